The Morgan fingerprint density at radius 2 is 2.13 bits per heavy atom. The molecule has 1 N–H and O–H groups in total. The second-order valence-corrected chi connectivity index (χ2v) is 3.55. The lowest BCUT2D eigenvalue weighted by Crippen LogP contribution is -1.99. The van der Waals surface area contributed by atoms with E-state index in [9.17, 15) is 4.79 Å². The fourth-order valence-electron chi connectivity index (χ4n) is 1.23. The molecule has 0 spiro atoms. The number of carbonyl (C=O) groups is 1. The molecule has 0 saturated carbocycles. The number of benzene rings is 1. The summed E-state index contributed by atoms with van der Waals surface area (Å²) in [5, 5.41) is 9.22. The number of halogens is 1. The maximum absolute atomic E-state index is 10.5. The molecule has 3 heteroatoms. The van der Waals surface area contributed by atoms with E-state index in [4.69, 9.17) is 5.11 Å². The van der Waals surface area contributed by atoms with Gasteiger partial charge in [0.25, 0.3) is 0 Å². The van der Waals surface area contributed by atoms with E-state index in [2.05, 4.69) is 27.8 Å². The lowest BCUT2D eigenvalue weighted by molar-refractivity contribution is -0.136. The van der Waals surface area contributed by atoms with E-state index < -0.39 is 5.97 Å². The van der Waals surface area contributed by atoms with Gasteiger partial charge in [-0.2, -0.15) is 0 Å². The summed E-state index contributed by atoms with van der Waals surface area (Å²) in [6.45, 7) is 0. The van der Waals surface area contributed by atoms with Gasteiger partial charge >= 0.3 is 5.97 Å². The molecule has 0 aliphatic carbocycles. The van der Waals surface area contributed by atoms with Gasteiger partial charge in [-0.1, -0.05) is 46.0 Å². The molecule has 0 aliphatic rings. The summed E-state index contributed by atoms with van der Waals surface area (Å²) in [7, 11) is 0. The van der Waals surface area contributed by atoms with E-state index in [-0.39, 0.29) is 6.42 Å². The minimum absolute atomic E-state index is 0.146. The average Bonchev–Trinajstić information content (AvgIpc) is 2.24. The van der Waals surface area contributed by atoms with Gasteiger partial charge in [-0.05, 0) is 18.1 Å². The van der Waals surface area contributed by atoms with Crippen molar-refractivity contribution in [3.63, 3.8) is 0 Å². The quantitative estimate of drug-likeness (QED) is 0.674. The van der Waals surface area contributed by atoms with E-state index in [1.165, 1.54) is 0 Å². The van der Waals surface area contributed by atoms with Crippen molar-refractivity contribution >= 4 is 21.9 Å². The molecular formula is C12H11BrO2. The predicted octanol–water partition coefficient (Wildman–Crippen LogP) is 2.45. The number of aliphatic carboxylic acids is 1. The molecule has 2 nitrogen and oxygen atoms in total. The van der Waals surface area contributed by atoms with Crippen LogP contribution in [0.4, 0.5) is 0 Å². The Morgan fingerprint density at radius 3 is 2.80 bits per heavy atom. The van der Waals surface area contributed by atoms with Gasteiger partial charge in [-0.25, -0.2) is 0 Å². The standard InChI is InChI=1S/C12H11BrO2/c13-9-3-6-10-4-1-2-5-11(10)7-8-12(14)15/h1-2,4-5H,7-9H2,(H,14,15). The third kappa shape index (κ3) is 4.18. The fraction of sp³-hybridized carbons (Fsp3) is 0.250. The molecule has 1 aromatic carbocycles. The minimum Gasteiger partial charge on any atom is -0.481 e. The first-order chi connectivity index (χ1) is 7.24. The Balaban J connectivity index is 2.81. The molecule has 0 aromatic heterocycles. The second kappa shape index (κ2) is 6.26. The summed E-state index contributed by atoms with van der Waals surface area (Å²) in [6, 6.07) is 7.63. The van der Waals surface area contributed by atoms with Crippen LogP contribution in [0.15, 0.2) is 24.3 Å². The molecule has 0 unspecified atom stereocenters. The number of hydrogen-bond donors (Lipinski definition) is 1. The summed E-state index contributed by atoms with van der Waals surface area (Å²) < 4.78 is 0. The van der Waals surface area contributed by atoms with Crippen molar-refractivity contribution in [1.82, 2.24) is 0 Å². The molecule has 78 valence electrons. The Morgan fingerprint density at radius 1 is 1.40 bits per heavy atom. The largest absolute Gasteiger partial charge is 0.481 e. The summed E-state index contributed by atoms with van der Waals surface area (Å²) in [4.78, 5) is 10.5. The number of alkyl halides is 1. The molecule has 0 saturated heterocycles. The normalized spacial score (nSPS) is 9.13. The van der Waals surface area contributed by atoms with Crippen molar-refractivity contribution in [3.05, 3.63) is 35.4 Å². The Labute approximate surface area is 97.4 Å². The van der Waals surface area contributed by atoms with Crippen molar-refractivity contribution < 1.29 is 9.90 Å². The third-order valence-electron chi connectivity index (χ3n) is 1.92. The van der Waals surface area contributed by atoms with Crippen LogP contribution in [-0.2, 0) is 11.2 Å². The highest BCUT2D eigenvalue weighted by Gasteiger charge is 2.02. The second-order valence-electron chi connectivity index (χ2n) is 2.99. The van der Waals surface area contributed by atoms with Gasteiger partial charge in [0.1, 0.15) is 0 Å². The van der Waals surface area contributed by atoms with Gasteiger partial charge in [0.05, 0.1) is 5.33 Å². The molecule has 1 rings (SSSR count). The average molecular weight is 267 g/mol. The first kappa shape index (κ1) is 11.8. The maximum atomic E-state index is 10.5. The van der Waals surface area contributed by atoms with Crippen LogP contribution >= 0.6 is 15.9 Å². The van der Waals surface area contributed by atoms with Crippen molar-refractivity contribution in [3.8, 4) is 11.8 Å². The van der Waals surface area contributed by atoms with Gasteiger partial charge in [0, 0.05) is 12.0 Å². The molecule has 0 heterocycles. The molecule has 0 aliphatic heterocycles. The minimum atomic E-state index is -0.779. The van der Waals surface area contributed by atoms with Crippen LogP contribution in [0.5, 0.6) is 0 Å². The topological polar surface area (TPSA) is 37.3 Å². The summed E-state index contributed by atoms with van der Waals surface area (Å²) >= 11 is 3.23. The lowest BCUT2D eigenvalue weighted by atomic mass is 10.0. The van der Waals surface area contributed by atoms with E-state index in [0.717, 1.165) is 11.1 Å². The van der Waals surface area contributed by atoms with E-state index >= 15 is 0 Å². The molecule has 0 fully saturated rings. The molecule has 1 aromatic rings. The molecule has 0 amide bonds. The van der Waals surface area contributed by atoms with Crippen molar-refractivity contribution in [2.24, 2.45) is 0 Å². The Kier molecular flexibility index (Phi) is 4.92. The van der Waals surface area contributed by atoms with E-state index in [1.54, 1.807) is 0 Å². The van der Waals surface area contributed by atoms with E-state index in [0.29, 0.717) is 11.8 Å². The van der Waals surface area contributed by atoms with Gasteiger partial charge < -0.3 is 5.11 Å². The molecule has 0 bridgehead atoms. The summed E-state index contributed by atoms with van der Waals surface area (Å²) in [5.41, 5.74) is 1.91. The zero-order valence-corrected chi connectivity index (χ0v) is 9.75. The molecule has 0 radical (unpaired) electrons. The van der Waals surface area contributed by atoms with Crippen LogP contribution in [-0.4, -0.2) is 16.4 Å². The summed E-state index contributed by atoms with van der Waals surface area (Å²) in [6.07, 6.45) is 0.676. The van der Waals surface area contributed by atoms with Crippen LogP contribution in [0, 0.1) is 11.8 Å². The van der Waals surface area contributed by atoms with E-state index in [1.807, 2.05) is 24.3 Å². The smallest absolute Gasteiger partial charge is 0.303 e. The molecule has 15 heavy (non-hydrogen) atoms. The number of carboxylic acid groups (broad SMARTS) is 1. The number of carboxylic acids is 1. The Bertz CT molecular complexity index is 402. The number of aryl methyl sites for hydroxylation is 1. The van der Waals surface area contributed by atoms with Crippen LogP contribution in [0.3, 0.4) is 0 Å². The monoisotopic (exact) mass is 266 g/mol. The van der Waals surface area contributed by atoms with Crippen LogP contribution in [0.2, 0.25) is 0 Å². The van der Waals surface area contributed by atoms with Crippen LogP contribution in [0.1, 0.15) is 17.5 Å². The van der Waals surface area contributed by atoms with Crippen LogP contribution < -0.4 is 0 Å². The van der Waals surface area contributed by atoms with Gasteiger partial charge in [-0.3, -0.25) is 4.79 Å². The first-order valence-corrected chi connectivity index (χ1v) is 5.70. The Hall–Kier alpha value is -1.27. The number of hydrogen-bond acceptors (Lipinski definition) is 1. The third-order valence-corrected chi connectivity index (χ3v) is 2.20. The molecule has 0 atom stereocenters. The SMILES string of the molecule is O=C(O)CCc1ccccc1C#CCBr. The van der Waals surface area contributed by atoms with Crippen LogP contribution in [0.25, 0.3) is 0 Å². The lowest BCUT2D eigenvalue weighted by Gasteiger charge is -2.01. The van der Waals surface area contributed by atoms with Crippen molar-refractivity contribution in [2.75, 3.05) is 5.33 Å². The highest BCUT2D eigenvalue weighted by atomic mass is 79.9. The summed E-state index contributed by atoms with van der Waals surface area (Å²) in [5.74, 6) is 5.13. The molecular weight excluding hydrogens is 256 g/mol. The van der Waals surface area contributed by atoms with Crippen molar-refractivity contribution in [1.29, 1.82) is 0 Å². The number of rotatable bonds is 3. The van der Waals surface area contributed by atoms with Gasteiger partial charge in [-0.15, -0.1) is 0 Å². The zero-order valence-electron chi connectivity index (χ0n) is 8.16. The zero-order chi connectivity index (χ0) is 11.1. The highest BCUT2D eigenvalue weighted by molar-refractivity contribution is 9.09. The van der Waals surface area contributed by atoms with Gasteiger partial charge in [0.15, 0.2) is 0 Å². The fourth-order valence-corrected chi connectivity index (χ4v) is 1.37. The first-order valence-electron chi connectivity index (χ1n) is 4.58. The highest BCUT2D eigenvalue weighted by Crippen LogP contribution is 2.09. The van der Waals surface area contributed by atoms with Crippen molar-refractivity contribution in [2.45, 2.75) is 12.8 Å². The predicted molar refractivity (Wildman–Crippen MR) is 63.1 cm³/mol. The van der Waals surface area contributed by atoms with Gasteiger partial charge in [0.2, 0.25) is 0 Å². The maximum Gasteiger partial charge on any atom is 0.303 e.